The maximum Gasteiger partial charge on any atom is 0.280 e. The molecule has 1 heterocycles. The van der Waals surface area contributed by atoms with Gasteiger partial charge in [0.05, 0.1) is 16.6 Å². The lowest BCUT2D eigenvalue weighted by atomic mass is 10.1. The van der Waals surface area contributed by atoms with Crippen molar-refractivity contribution in [3.8, 4) is 11.5 Å². The Balaban J connectivity index is 2.52. The summed E-state index contributed by atoms with van der Waals surface area (Å²) < 4.78 is 10.1. The number of nitro benzene ring substituents is 1. The van der Waals surface area contributed by atoms with Crippen molar-refractivity contribution in [3.63, 3.8) is 0 Å². The second-order valence-electron chi connectivity index (χ2n) is 3.02. The molecule has 1 aromatic rings. The number of hydrogen-bond donors (Lipinski definition) is 0. The molecule has 82 valence electrons. The Labute approximate surface area is 90.2 Å². The Kier molecular flexibility index (Phi) is 2.55. The molecule has 6 nitrogen and oxygen atoms in total. The highest BCUT2D eigenvalue weighted by Crippen LogP contribution is 2.38. The Bertz CT molecular complexity index is 480. The summed E-state index contributed by atoms with van der Waals surface area (Å²) in [7, 11) is 0. The average molecular weight is 221 g/mol. The van der Waals surface area contributed by atoms with Crippen LogP contribution in [-0.2, 0) is 4.79 Å². The van der Waals surface area contributed by atoms with E-state index in [0.717, 1.165) is 0 Å². The van der Waals surface area contributed by atoms with Crippen LogP contribution in [0.1, 0.15) is 5.56 Å². The summed E-state index contributed by atoms with van der Waals surface area (Å²) in [5.41, 5.74) is 0.184. The fraction of sp³-hybridized carbons (Fsp3) is 0.100. The molecule has 0 unspecified atom stereocenters. The van der Waals surface area contributed by atoms with Gasteiger partial charge in [0, 0.05) is 0 Å². The summed E-state index contributed by atoms with van der Waals surface area (Å²) >= 11 is 0. The van der Waals surface area contributed by atoms with Crippen molar-refractivity contribution in [2.24, 2.45) is 0 Å². The van der Waals surface area contributed by atoms with Gasteiger partial charge in [0.25, 0.3) is 5.69 Å². The zero-order valence-electron chi connectivity index (χ0n) is 8.08. The van der Waals surface area contributed by atoms with Crippen molar-refractivity contribution < 1.29 is 19.2 Å². The molecule has 1 aromatic carbocycles. The van der Waals surface area contributed by atoms with Gasteiger partial charge in [-0.05, 0) is 18.2 Å². The molecule has 0 fully saturated rings. The summed E-state index contributed by atoms with van der Waals surface area (Å²) in [6.07, 6.45) is 3.09. The molecule has 1 aliphatic heterocycles. The van der Waals surface area contributed by atoms with E-state index in [1.807, 2.05) is 0 Å². The highest BCUT2D eigenvalue weighted by molar-refractivity contribution is 5.77. The van der Waals surface area contributed by atoms with Crippen molar-refractivity contribution in [2.45, 2.75) is 0 Å². The monoisotopic (exact) mass is 221 g/mol. The molecule has 0 radical (unpaired) electrons. The number of rotatable bonds is 3. The van der Waals surface area contributed by atoms with Gasteiger partial charge in [-0.1, -0.05) is 0 Å². The number of allylic oxidation sites excluding steroid dienone is 1. The molecule has 0 N–H and O–H groups in total. The summed E-state index contributed by atoms with van der Waals surface area (Å²) in [6.45, 7) is 0.0489. The van der Waals surface area contributed by atoms with Crippen LogP contribution in [0.4, 0.5) is 5.69 Å². The minimum Gasteiger partial charge on any atom is -0.454 e. The Hall–Kier alpha value is -2.37. The van der Waals surface area contributed by atoms with E-state index in [1.54, 1.807) is 0 Å². The molecule has 0 spiro atoms. The lowest BCUT2D eigenvalue weighted by molar-refractivity contribution is -0.385. The normalized spacial score (nSPS) is 13.0. The molecule has 0 aliphatic carbocycles. The summed E-state index contributed by atoms with van der Waals surface area (Å²) in [5, 5.41) is 10.8. The molecule has 0 bridgehead atoms. The summed E-state index contributed by atoms with van der Waals surface area (Å²) in [4.78, 5) is 20.4. The van der Waals surface area contributed by atoms with Crippen LogP contribution in [-0.4, -0.2) is 18.0 Å². The van der Waals surface area contributed by atoms with E-state index in [9.17, 15) is 14.9 Å². The summed E-state index contributed by atoms with van der Waals surface area (Å²) in [5.74, 6) is 0.783. The molecule has 2 rings (SSSR count). The van der Waals surface area contributed by atoms with Gasteiger partial charge in [-0.25, -0.2) is 0 Å². The van der Waals surface area contributed by atoms with E-state index >= 15 is 0 Å². The molecule has 0 aromatic heterocycles. The molecule has 16 heavy (non-hydrogen) atoms. The first-order valence-corrected chi connectivity index (χ1v) is 4.42. The number of nitrogens with zero attached hydrogens (tertiary/aromatic N) is 1. The number of carbonyl (C=O) groups excluding carboxylic acids is 1. The van der Waals surface area contributed by atoms with E-state index in [2.05, 4.69) is 0 Å². The zero-order valence-corrected chi connectivity index (χ0v) is 8.08. The fourth-order valence-electron chi connectivity index (χ4n) is 1.38. The molecule has 0 saturated carbocycles. The van der Waals surface area contributed by atoms with E-state index < -0.39 is 4.92 Å². The lowest BCUT2D eigenvalue weighted by Gasteiger charge is -2.00. The van der Waals surface area contributed by atoms with E-state index in [0.29, 0.717) is 23.3 Å². The van der Waals surface area contributed by atoms with Gasteiger partial charge in [0.15, 0.2) is 11.5 Å². The molecular formula is C10H7NO5. The van der Waals surface area contributed by atoms with Gasteiger partial charge in [0.1, 0.15) is 6.29 Å². The fourth-order valence-corrected chi connectivity index (χ4v) is 1.38. The molecule has 1 aliphatic rings. The van der Waals surface area contributed by atoms with Crippen LogP contribution < -0.4 is 9.47 Å². The number of nitro groups is 1. The first-order chi connectivity index (χ1) is 7.72. The summed E-state index contributed by atoms with van der Waals surface area (Å²) in [6, 6.07) is 2.76. The highest BCUT2D eigenvalue weighted by atomic mass is 16.7. The number of carbonyl (C=O) groups is 1. The van der Waals surface area contributed by atoms with Gasteiger partial charge >= 0.3 is 0 Å². The Morgan fingerprint density at radius 2 is 2.00 bits per heavy atom. The van der Waals surface area contributed by atoms with E-state index in [1.165, 1.54) is 24.3 Å². The van der Waals surface area contributed by atoms with Crippen LogP contribution >= 0.6 is 0 Å². The lowest BCUT2D eigenvalue weighted by Crippen LogP contribution is -1.93. The first-order valence-electron chi connectivity index (χ1n) is 4.42. The Morgan fingerprint density at radius 3 is 2.62 bits per heavy atom. The van der Waals surface area contributed by atoms with E-state index in [4.69, 9.17) is 9.47 Å². The largest absolute Gasteiger partial charge is 0.454 e. The quantitative estimate of drug-likeness (QED) is 0.334. The maximum atomic E-state index is 10.8. The number of ether oxygens (including phenoxy) is 2. The minimum absolute atomic E-state index is 0.0489. The topological polar surface area (TPSA) is 78.7 Å². The molecule has 0 amide bonds. The third kappa shape index (κ3) is 1.72. The second-order valence-corrected chi connectivity index (χ2v) is 3.02. The molecule has 0 saturated heterocycles. The van der Waals surface area contributed by atoms with Crippen LogP contribution in [0.25, 0.3) is 6.08 Å². The molecular weight excluding hydrogens is 214 g/mol. The van der Waals surface area contributed by atoms with Crippen LogP contribution in [0, 0.1) is 10.1 Å². The smallest absolute Gasteiger partial charge is 0.280 e. The highest BCUT2D eigenvalue weighted by Gasteiger charge is 2.21. The maximum absolute atomic E-state index is 10.8. The van der Waals surface area contributed by atoms with Gasteiger partial charge in [0.2, 0.25) is 6.79 Å². The van der Waals surface area contributed by atoms with E-state index in [-0.39, 0.29) is 12.5 Å². The SMILES string of the molecule is O=C/C=C/c1cc2c(cc1[N+](=O)[O-])OCO2. The van der Waals surface area contributed by atoms with Crippen molar-refractivity contribution in [1.29, 1.82) is 0 Å². The third-order valence-corrected chi connectivity index (χ3v) is 2.07. The predicted molar refractivity (Wildman–Crippen MR) is 54.3 cm³/mol. The van der Waals surface area contributed by atoms with Crippen molar-refractivity contribution in [1.82, 2.24) is 0 Å². The minimum atomic E-state index is -0.535. The zero-order chi connectivity index (χ0) is 11.5. The number of aldehydes is 1. The standard InChI is InChI=1S/C10H7NO5/c12-3-1-2-7-4-9-10(16-6-15-9)5-8(7)11(13)14/h1-5H,6H2/b2-1+. The predicted octanol–water partition coefficient (Wildman–Crippen LogP) is 1.54. The van der Waals surface area contributed by atoms with Gasteiger partial charge in [-0.15, -0.1) is 0 Å². The van der Waals surface area contributed by atoms with Crippen molar-refractivity contribution >= 4 is 18.0 Å². The third-order valence-electron chi connectivity index (χ3n) is 2.07. The van der Waals surface area contributed by atoms with Crippen LogP contribution in [0.15, 0.2) is 18.2 Å². The number of hydrogen-bond acceptors (Lipinski definition) is 5. The number of benzene rings is 1. The molecule has 0 atom stereocenters. The average Bonchev–Trinajstić information content (AvgIpc) is 2.71. The second kappa shape index (κ2) is 4.01. The Morgan fingerprint density at radius 1 is 1.31 bits per heavy atom. The van der Waals surface area contributed by atoms with Gasteiger partial charge in [-0.2, -0.15) is 0 Å². The number of fused-ring (bicyclic) bond motifs is 1. The van der Waals surface area contributed by atoms with Crippen LogP contribution in [0.5, 0.6) is 11.5 Å². The van der Waals surface area contributed by atoms with Gasteiger partial charge in [-0.3, -0.25) is 14.9 Å². The van der Waals surface area contributed by atoms with Gasteiger partial charge < -0.3 is 9.47 Å². The van der Waals surface area contributed by atoms with Crippen molar-refractivity contribution in [2.75, 3.05) is 6.79 Å². The van der Waals surface area contributed by atoms with Crippen molar-refractivity contribution in [3.05, 3.63) is 33.9 Å². The first kappa shape index (κ1) is 10.2. The van der Waals surface area contributed by atoms with Crippen LogP contribution in [0.2, 0.25) is 0 Å². The van der Waals surface area contributed by atoms with Crippen LogP contribution in [0.3, 0.4) is 0 Å². The molecule has 6 heteroatoms.